The molecule has 0 aliphatic carbocycles. The number of carbonyl (C=O) groups excluding carboxylic acids is 13. The number of thioether (sulfide) groups is 1. The molecule has 0 unspecified atom stereocenters. The van der Waals surface area contributed by atoms with Gasteiger partial charge in [0.1, 0.15) is 66.7 Å². The van der Waals surface area contributed by atoms with E-state index in [2.05, 4.69) is 63.8 Å². The Morgan fingerprint density at radius 3 is 1.16 bits per heavy atom. The van der Waals surface area contributed by atoms with Crippen LogP contribution in [0.2, 0.25) is 0 Å². The summed E-state index contributed by atoms with van der Waals surface area (Å²) in [6.45, 7) is 19.6. The lowest BCUT2D eigenvalue weighted by Crippen LogP contribution is -2.61. The molecule has 1 aromatic rings. The van der Waals surface area contributed by atoms with Gasteiger partial charge < -0.3 is 91.5 Å². The van der Waals surface area contributed by atoms with Crippen LogP contribution in [0.5, 0.6) is 0 Å². The van der Waals surface area contributed by atoms with Crippen molar-refractivity contribution in [2.24, 2.45) is 52.5 Å². The summed E-state index contributed by atoms with van der Waals surface area (Å²) in [6, 6.07) is -3.80. The number of aldehydes is 1. The molecule has 29 nitrogen and oxygen atoms in total. The van der Waals surface area contributed by atoms with Crippen LogP contribution in [0.4, 0.5) is 0 Å². The molecule has 1 rings (SSSR count). The van der Waals surface area contributed by atoms with Crippen LogP contribution < -0.4 is 86.7 Å². The third-order valence-corrected chi connectivity index (χ3v) is 16.4. The van der Waals surface area contributed by atoms with Crippen molar-refractivity contribution in [3.63, 3.8) is 0 Å². The van der Waals surface area contributed by atoms with Crippen LogP contribution in [-0.4, -0.2) is 188 Å². The first-order valence-electron chi connectivity index (χ1n) is 34.7. The van der Waals surface area contributed by atoms with Gasteiger partial charge in [0.25, 0.3) is 0 Å². The van der Waals surface area contributed by atoms with Crippen LogP contribution in [0.15, 0.2) is 30.3 Å². The van der Waals surface area contributed by atoms with Gasteiger partial charge in [0, 0.05) is 6.42 Å². The second-order valence-electron chi connectivity index (χ2n) is 27.1. The van der Waals surface area contributed by atoms with Crippen molar-refractivity contribution >= 4 is 88.9 Å². The molecule has 556 valence electrons. The topological polar surface area (TPSA) is 470 Å². The van der Waals surface area contributed by atoms with Crippen molar-refractivity contribution in [1.29, 1.82) is 0 Å². The van der Waals surface area contributed by atoms with Gasteiger partial charge in [0.15, 0.2) is 0 Å². The smallest absolute Gasteiger partial charge is 0.243 e. The van der Waals surface area contributed by atoms with Crippen LogP contribution in [-0.2, 0) is 68.7 Å². The minimum absolute atomic E-state index is 0.0704. The highest BCUT2D eigenvalue weighted by Gasteiger charge is 2.37. The van der Waals surface area contributed by atoms with Crippen LogP contribution in [0.25, 0.3) is 0 Å². The second-order valence-corrected chi connectivity index (χ2v) is 28.1. The molecular formula is C68H120N16O13S. The van der Waals surface area contributed by atoms with Gasteiger partial charge in [-0.05, 0) is 164 Å². The molecule has 0 spiro atoms. The molecule has 12 amide bonds. The van der Waals surface area contributed by atoms with Gasteiger partial charge in [-0.25, -0.2) is 0 Å². The highest BCUT2D eigenvalue weighted by molar-refractivity contribution is 7.98. The minimum atomic E-state index is -1.26. The van der Waals surface area contributed by atoms with E-state index in [0.29, 0.717) is 63.5 Å². The molecule has 11 atom stereocenters. The molecule has 0 aliphatic rings. The Morgan fingerprint density at radius 2 is 0.776 bits per heavy atom. The van der Waals surface area contributed by atoms with Crippen molar-refractivity contribution in [1.82, 2.24) is 63.8 Å². The van der Waals surface area contributed by atoms with Crippen LogP contribution in [0, 0.1) is 29.6 Å². The molecule has 20 N–H and O–H groups in total. The first-order valence-corrected chi connectivity index (χ1v) is 36.1. The van der Waals surface area contributed by atoms with Crippen molar-refractivity contribution in [2.45, 2.75) is 239 Å². The number of hydrogen-bond acceptors (Lipinski definition) is 18. The lowest BCUT2D eigenvalue weighted by molar-refractivity contribution is -0.136. The van der Waals surface area contributed by atoms with E-state index in [9.17, 15) is 62.3 Å². The van der Waals surface area contributed by atoms with Crippen LogP contribution in [0.3, 0.4) is 0 Å². The summed E-state index contributed by atoms with van der Waals surface area (Å²) in [5.41, 5.74) is 23.7. The Morgan fingerprint density at radius 1 is 0.398 bits per heavy atom. The van der Waals surface area contributed by atoms with E-state index in [0.717, 1.165) is 5.56 Å². The zero-order valence-electron chi connectivity index (χ0n) is 60.1. The van der Waals surface area contributed by atoms with Crippen molar-refractivity contribution < 1.29 is 62.3 Å². The molecule has 0 saturated carbocycles. The van der Waals surface area contributed by atoms with Gasteiger partial charge in [0.05, 0.1) is 19.1 Å². The van der Waals surface area contributed by atoms with E-state index in [4.69, 9.17) is 22.9 Å². The average molecular weight is 1400 g/mol. The van der Waals surface area contributed by atoms with E-state index in [1.54, 1.807) is 50.4 Å². The maximum atomic E-state index is 14.6. The summed E-state index contributed by atoms with van der Waals surface area (Å²) in [4.78, 5) is 178. The molecule has 0 bridgehead atoms. The molecular weight excluding hydrogens is 1280 g/mol. The van der Waals surface area contributed by atoms with Crippen LogP contribution in [0.1, 0.15) is 172 Å². The summed E-state index contributed by atoms with van der Waals surface area (Å²) in [6.07, 6.45) is 6.32. The molecule has 98 heavy (non-hydrogen) atoms. The van der Waals surface area contributed by atoms with Gasteiger partial charge in [-0.1, -0.05) is 99.6 Å². The zero-order chi connectivity index (χ0) is 74.0. The minimum Gasteiger partial charge on any atom is -0.345 e. The predicted molar refractivity (Wildman–Crippen MR) is 380 cm³/mol. The Hall–Kier alpha value is -7.28. The summed E-state index contributed by atoms with van der Waals surface area (Å²) in [5.74, 6) is -8.76. The Labute approximate surface area is 584 Å². The fourth-order valence-corrected chi connectivity index (χ4v) is 11.0. The molecule has 0 heterocycles. The normalized spacial score (nSPS) is 14.7. The molecule has 0 fully saturated rings. The molecule has 1 aromatic carbocycles. The van der Waals surface area contributed by atoms with Gasteiger partial charge in [-0.2, -0.15) is 11.8 Å². The maximum Gasteiger partial charge on any atom is 0.243 e. The first kappa shape index (κ1) is 88.7. The summed E-state index contributed by atoms with van der Waals surface area (Å²) in [7, 11) is 0. The highest BCUT2D eigenvalue weighted by atomic mass is 32.2. The number of rotatable bonds is 51. The lowest BCUT2D eigenvalue weighted by Gasteiger charge is -2.29. The van der Waals surface area contributed by atoms with Gasteiger partial charge in [-0.15, -0.1) is 0 Å². The Kier molecular flexibility index (Phi) is 44.6. The molecule has 0 saturated heterocycles. The summed E-state index contributed by atoms with van der Waals surface area (Å²) < 4.78 is 0. The Balaban J connectivity index is 3.46. The van der Waals surface area contributed by atoms with E-state index in [1.807, 2.05) is 55.4 Å². The average Bonchev–Trinajstić information content (AvgIpc) is 0.891. The monoisotopic (exact) mass is 1400 g/mol. The van der Waals surface area contributed by atoms with Gasteiger partial charge >= 0.3 is 0 Å². The maximum absolute atomic E-state index is 14.6. The zero-order valence-corrected chi connectivity index (χ0v) is 60.9. The SMILES string of the molecule is CSCC[C@H](NC(=O)CNC(=O)[C@H](Cc1ccccc1)NC(=O)CN)C(=O)N[C@@H](C)C(=O)N[C@@H](CC(C)C)C(=O)N[C@@H](CCCCN)C(=O)N[C@@H](CC(C)C)C(=O)N[C@@H](CC(C)C)C(=O)N[C@@H](CCCCN)C(=O)N[C@@H](CCCCN)C(=O)N[C@H](C(=O)N[C@H](C=O)CC(C)C)C(C)C. The fourth-order valence-electron chi connectivity index (χ4n) is 10.5. The van der Waals surface area contributed by atoms with E-state index < -0.39 is 150 Å². The first-order chi connectivity index (χ1) is 46.3. The number of amides is 12. The summed E-state index contributed by atoms with van der Waals surface area (Å²) in [5, 5.41) is 32.5. The Bertz CT molecular complexity index is 2650. The largest absolute Gasteiger partial charge is 0.345 e. The van der Waals surface area contributed by atoms with Crippen molar-refractivity contribution in [3.05, 3.63) is 35.9 Å². The summed E-state index contributed by atoms with van der Waals surface area (Å²) >= 11 is 1.40. The van der Waals surface area contributed by atoms with E-state index >= 15 is 0 Å². The number of hydrogen-bond donors (Lipinski definition) is 16. The van der Waals surface area contributed by atoms with Crippen molar-refractivity contribution in [3.8, 4) is 0 Å². The molecule has 0 aromatic heterocycles. The third kappa shape index (κ3) is 36.5. The second kappa shape index (κ2) is 49.3. The number of carbonyl (C=O) groups is 13. The van der Waals surface area contributed by atoms with Gasteiger partial charge in [0.2, 0.25) is 70.9 Å². The van der Waals surface area contributed by atoms with Gasteiger partial charge in [-0.3, -0.25) is 57.5 Å². The van der Waals surface area contributed by atoms with Crippen LogP contribution >= 0.6 is 11.8 Å². The predicted octanol–water partition coefficient (Wildman–Crippen LogP) is -0.164. The third-order valence-electron chi connectivity index (χ3n) is 15.8. The molecule has 30 heteroatoms. The molecule has 0 aliphatic heterocycles. The fraction of sp³-hybridized carbons (Fsp3) is 0.721. The standard InChI is InChI=1S/C68H120N16O13S/c1-40(2)32-47(39-85)75-68(97)58(44(9)10)84-64(93)50(26-18-21-30-71)78-62(91)48(24-16-19-28-69)79-66(95)53(34-42(5)6)83-67(96)54(35-43(7)8)82-63(92)49(25-17-20-29-70)80-65(94)52(33-41(3)4)81-59(88)45(11)74-61(90)51(27-31-98-12)76-57(87)38-73-60(89)55(77-56(86)37-72)36-46-22-14-13-15-23-46/h13-15,22-23,39-45,47-55,58H,16-21,24-38,69-72H2,1-12H3,(H,73,89)(H,74,90)(H,75,97)(H,76,87)(H,77,86)(H,78,91)(H,79,95)(H,80,94)(H,81,88)(H,82,92)(H,83,96)(H,84,93)/t45-,47-,48-,49-,50-,51-,52-,53-,54-,55-,58-/m0/s1. The highest BCUT2D eigenvalue weighted by Crippen LogP contribution is 2.16. The lowest BCUT2D eigenvalue weighted by atomic mass is 9.98. The number of nitrogens with one attached hydrogen (secondary N) is 12. The quantitative estimate of drug-likeness (QED) is 0.0298. The molecule has 0 radical (unpaired) electrons. The number of unbranched alkanes of at least 4 members (excludes halogenated alkanes) is 3. The number of nitrogens with two attached hydrogens (primary N) is 4. The van der Waals surface area contributed by atoms with E-state index in [1.165, 1.54) is 18.7 Å². The van der Waals surface area contributed by atoms with E-state index in [-0.39, 0.29) is 94.7 Å². The van der Waals surface area contributed by atoms with Crippen molar-refractivity contribution in [2.75, 3.05) is 44.7 Å². The number of benzene rings is 1.